The minimum atomic E-state index is -0.0670. The quantitative estimate of drug-likeness (QED) is 0.862. The van der Waals surface area contributed by atoms with Gasteiger partial charge in [-0.15, -0.1) is 0 Å². The standard InChI is InChI=1S/C13H18N4O2/c1-4-5-18-12-6-11(15-8-16-12)17-10(3)13-14-7-9(2)19-13/h6-8,10H,4-5H2,1-3H3,(H,15,16,17). The summed E-state index contributed by atoms with van der Waals surface area (Å²) < 4.78 is 10.9. The summed E-state index contributed by atoms with van der Waals surface area (Å²) in [7, 11) is 0. The number of nitrogens with one attached hydrogen (secondary N) is 1. The molecule has 0 saturated heterocycles. The second-order valence-electron chi connectivity index (χ2n) is 4.27. The predicted octanol–water partition coefficient (Wildman–Crippen LogP) is 2.73. The number of rotatable bonds is 6. The maximum absolute atomic E-state index is 5.46. The lowest BCUT2D eigenvalue weighted by atomic mass is 10.3. The molecule has 0 fully saturated rings. The molecular formula is C13H18N4O2. The maximum Gasteiger partial charge on any atom is 0.218 e. The molecule has 0 saturated carbocycles. The molecule has 0 bridgehead atoms. The Hall–Kier alpha value is -2.11. The molecule has 19 heavy (non-hydrogen) atoms. The molecule has 2 aromatic heterocycles. The number of aryl methyl sites for hydroxylation is 1. The van der Waals surface area contributed by atoms with Gasteiger partial charge in [-0.25, -0.2) is 15.0 Å². The third-order valence-electron chi connectivity index (χ3n) is 2.47. The molecule has 6 nitrogen and oxygen atoms in total. The summed E-state index contributed by atoms with van der Waals surface area (Å²) in [5, 5.41) is 3.20. The van der Waals surface area contributed by atoms with Gasteiger partial charge in [-0.2, -0.15) is 0 Å². The number of oxazole rings is 1. The highest BCUT2D eigenvalue weighted by atomic mass is 16.5. The van der Waals surface area contributed by atoms with E-state index in [9.17, 15) is 0 Å². The van der Waals surface area contributed by atoms with Crippen molar-refractivity contribution in [3.8, 4) is 5.88 Å². The first-order chi connectivity index (χ1) is 9.19. The third-order valence-corrected chi connectivity index (χ3v) is 2.47. The summed E-state index contributed by atoms with van der Waals surface area (Å²) in [6, 6.07) is 1.70. The molecular weight excluding hydrogens is 244 g/mol. The zero-order valence-electron chi connectivity index (χ0n) is 11.4. The van der Waals surface area contributed by atoms with Gasteiger partial charge >= 0.3 is 0 Å². The first-order valence-electron chi connectivity index (χ1n) is 6.32. The Morgan fingerprint density at radius 3 is 2.89 bits per heavy atom. The lowest BCUT2D eigenvalue weighted by Gasteiger charge is -2.11. The summed E-state index contributed by atoms with van der Waals surface area (Å²) in [4.78, 5) is 12.4. The normalized spacial score (nSPS) is 12.2. The average molecular weight is 262 g/mol. The molecule has 2 aromatic rings. The molecule has 6 heteroatoms. The van der Waals surface area contributed by atoms with Crippen molar-refractivity contribution in [2.75, 3.05) is 11.9 Å². The Morgan fingerprint density at radius 1 is 1.37 bits per heavy atom. The van der Waals surface area contributed by atoms with Gasteiger partial charge in [0.2, 0.25) is 11.8 Å². The second-order valence-corrected chi connectivity index (χ2v) is 4.27. The van der Waals surface area contributed by atoms with Crippen molar-refractivity contribution in [2.24, 2.45) is 0 Å². The van der Waals surface area contributed by atoms with E-state index >= 15 is 0 Å². The predicted molar refractivity (Wildman–Crippen MR) is 71.1 cm³/mol. The summed E-state index contributed by atoms with van der Waals surface area (Å²) in [6.45, 7) is 6.52. The minimum Gasteiger partial charge on any atom is -0.478 e. The topological polar surface area (TPSA) is 73.1 Å². The van der Waals surface area contributed by atoms with Crippen molar-refractivity contribution >= 4 is 5.82 Å². The second kappa shape index (κ2) is 6.17. The Balaban J connectivity index is 2.02. The van der Waals surface area contributed by atoms with Gasteiger partial charge < -0.3 is 14.5 Å². The van der Waals surface area contributed by atoms with Gasteiger partial charge in [-0.05, 0) is 20.3 Å². The van der Waals surface area contributed by atoms with Crippen LogP contribution in [0.3, 0.4) is 0 Å². The molecule has 0 spiro atoms. The lowest BCUT2D eigenvalue weighted by Crippen LogP contribution is -2.09. The monoisotopic (exact) mass is 262 g/mol. The van der Waals surface area contributed by atoms with Gasteiger partial charge in [-0.1, -0.05) is 6.92 Å². The van der Waals surface area contributed by atoms with Crippen molar-refractivity contribution in [1.82, 2.24) is 15.0 Å². The van der Waals surface area contributed by atoms with E-state index in [4.69, 9.17) is 9.15 Å². The molecule has 0 aliphatic rings. The number of ether oxygens (including phenoxy) is 1. The van der Waals surface area contributed by atoms with Crippen LogP contribution in [0.15, 0.2) is 23.0 Å². The Labute approximate surface area is 112 Å². The average Bonchev–Trinajstić information content (AvgIpc) is 2.83. The van der Waals surface area contributed by atoms with Crippen LogP contribution in [0.4, 0.5) is 5.82 Å². The highest BCUT2D eigenvalue weighted by Gasteiger charge is 2.12. The zero-order chi connectivity index (χ0) is 13.7. The maximum atomic E-state index is 5.46. The molecule has 2 rings (SSSR count). The molecule has 0 aliphatic heterocycles. The molecule has 102 valence electrons. The largest absolute Gasteiger partial charge is 0.478 e. The molecule has 1 atom stereocenters. The lowest BCUT2D eigenvalue weighted by molar-refractivity contribution is 0.305. The Bertz CT molecular complexity index is 527. The molecule has 1 unspecified atom stereocenters. The van der Waals surface area contributed by atoms with Crippen molar-refractivity contribution in [3.63, 3.8) is 0 Å². The van der Waals surface area contributed by atoms with Gasteiger partial charge in [-0.3, -0.25) is 0 Å². The van der Waals surface area contributed by atoms with E-state index in [0.717, 1.165) is 12.2 Å². The summed E-state index contributed by atoms with van der Waals surface area (Å²) in [5.74, 6) is 2.67. The van der Waals surface area contributed by atoms with Crippen LogP contribution in [0.5, 0.6) is 5.88 Å². The van der Waals surface area contributed by atoms with Gasteiger partial charge in [0.1, 0.15) is 23.9 Å². The molecule has 0 aromatic carbocycles. The van der Waals surface area contributed by atoms with Crippen molar-refractivity contribution in [2.45, 2.75) is 33.2 Å². The van der Waals surface area contributed by atoms with Crippen LogP contribution in [-0.2, 0) is 0 Å². The smallest absolute Gasteiger partial charge is 0.218 e. The first kappa shape index (κ1) is 13.3. The SMILES string of the molecule is CCCOc1cc(NC(C)c2ncc(C)o2)ncn1. The van der Waals surface area contributed by atoms with Gasteiger partial charge in [0.25, 0.3) is 0 Å². The number of aromatic nitrogens is 3. The van der Waals surface area contributed by atoms with Crippen molar-refractivity contribution < 1.29 is 9.15 Å². The number of anilines is 1. The van der Waals surface area contributed by atoms with Crippen molar-refractivity contribution in [1.29, 1.82) is 0 Å². The summed E-state index contributed by atoms with van der Waals surface area (Å²) >= 11 is 0. The molecule has 0 amide bonds. The van der Waals surface area contributed by atoms with Crippen LogP contribution < -0.4 is 10.1 Å². The van der Waals surface area contributed by atoms with E-state index in [2.05, 4.69) is 20.3 Å². The van der Waals surface area contributed by atoms with E-state index in [-0.39, 0.29) is 6.04 Å². The minimum absolute atomic E-state index is 0.0670. The molecule has 0 aliphatic carbocycles. The fourth-order valence-electron chi connectivity index (χ4n) is 1.56. The van der Waals surface area contributed by atoms with Gasteiger partial charge in [0.15, 0.2) is 0 Å². The fourth-order valence-corrected chi connectivity index (χ4v) is 1.56. The van der Waals surface area contributed by atoms with Crippen LogP contribution in [-0.4, -0.2) is 21.6 Å². The fraction of sp³-hybridized carbons (Fsp3) is 0.462. The number of hydrogen-bond donors (Lipinski definition) is 1. The molecule has 2 heterocycles. The van der Waals surface area contributed by atoms with Crippen LogP contribution in [0.2, 0.25) is 0 Å². The first-order valence-corrected chi connectivity index (χ1v) is 6.32. The highest BCUT2D eigenvalue weighted by molar-refractivity contribution is 5.38. The van der Waals surface area contributed by atoms with Crippen LogP contribution in [0.1, 0.15) is 38.0 Å². The zero-order valence-corrected chi connectivity index (χ0v) is 11.4. The third kappa shape index (κ3) is 3.67. The van der Waals surface area contributed by atoms with E-state index in [1.807, 2.05) is 20.8 Å². The van der Waals surface area contributed by atoms with Gasteiger partial charge in [0.05, 0.1) is 12.8 Å². The van der Waals surface area contributed by atoms with Crippen LogP contribution >= 0.6 is 0 Å². The van der Waals surface area contributed by atoms with Gasteiger partial charge in [0, 0.05) is 6.07 Å². The Morgan fingerprint density at radius 2 is 2.21 bits per heavy atom. The number of hydrogen-bond acceptors (Lipinski definition) is 6. The van der Waals surface area contributed by atoms with E-state index in [1.54, 1.807) is 12.3 Å². The number of nitrogens with zero attached hydrogens (tertiary/aromatic N) is 3. The summed E-state index contributed by atoms with van der Waals surface area (Å²) in [6.07, 6.45) is 4.11. The van der Waals surface area contributed by atoms with Crippen molar-refractivity contribution in [3.05, 3.63) is 30.2 Å². The van der Waals surface area contributed by atoms with E-state index < -0.39 is 0 Å². The van der Waals surface area contributed by atoms with E-state index in [0.29, 0.717) is 24.2 Å². The highest BCUT2D eigenvalue weighted by Crippen LogP contribution is 2.19. The van der Waals surface area contributed by atoms with E-state index in [1.165, 1.54) is 6.33 Å². The van der Waals surface area contributed by atoms with Crippen LogP contribution in [0, 0.1) is 6.92 Å². The molecule has 0 radical (unpaired) electrons. The Kier molecular flexibility index (Phi) is 4.33. The van der Waals surface area contributed by atoms with Crippen LogP contribution in [0.25, 0.3) is 0 Å². The summed E-state index contributed by atoms with van der Waals surface area (Å²) in [5.41, 5.74) is 0. The molecule has 1 N–H and O–H groups in total.